The van der Waals surface area contributed by atoms with Crippen LogP contribution in [0.5, 0.6) is 0 Å². The minimum atomic E-state index is -1.49. The number of rotatable bonds is 10. The van der Waals surface area contributed by atoms with Gasteiger partial charge < -0.3 is 38.3 Å². The summed E-state index contributed by atoms with van der Waals surface area (Å²) in [4.78, 5) is 74.3. The first-order chi connectivity index (χ1) is 29.1. The van der Waals surface area contributed by atoms with Crippen LogP contribution >= 0.6 is 11.6 Å². The molecule has 0 aliphatic carbocycles. The maximum absolute atomic E-state index is 14.9. The predicted molar refractivity (Wildman–Crippen MR) is 227 cm³/mol. The Bertz CT molecular complexity index is 1770. The third-order valence-corrected chi connectivity index (χ3v) is 14.0. The molecule has 1 aromatic rings. The van der Waals surface area contributed by atoms with Crippen LogP contribution in [0.4, 0.5) is 14.4 Å². The summed E-state index contributed by atoms with van der Waals surface area (Å²) in [6, 6.07) is 6.13. The zero-order valence-electron chi connectivity index (χ0n) is 38.3. The van der Waals surface area contributed by atoms with E-state index < -0.39 is 95.9 Å². The van der Waals surface area contributed by atoms with Crippen molar-refractivity contribution in [2.45, 2.75) is 161 Å². The van der Waals surface area contributed by atoms with Gasteiger partial charge in [-0.05, 0) is 92.0 Å². The van der Waals surface area contributed by atoms with Crippen LogP contribution in [0.1, 0.15) is 94.1 Å². The van der Waals surface area contributed by atoms with Crippen LogP contribution in [0.25, 0.3) is 0 Å². The van der Waals surface area contributed by atoms with Crippen LogP contribution < -0.4 is 0 Å². The highest BCUT2D eigenvalue weighted by molar-refractivity contribution is 6.30. The lowest BCUT2D eigenvalue weighted by atomic mass is 9.73. The van der Waals surface area contributed by atoms with E-state index in [1.54, 1.807) is 65.5 Å². The van der Waals surface area contributed by atoms with Gasteiger partial charge in [-0.1, -0.05) is 51.4 Å². The van der Waals surface area contributed by atoms with Gasteiger partial charge in [-0.2, -0.15) is 0 Å². The molecule has 0 spiro atoms. The Labute approximate surface area is 371 Å². The van der Waals surface area contributed by atoms with Gasteiger partial charge in [-0.15, -0.1) is 0 Å². The van der Waals surface area contributed by atoms with Crippen LogP contribution in [0.15, 0.2) is 24.3 Å². The van der Waals surface area contributed by atoms with Crippen LogP contribution in [-0.4, -0.2) is 150 Å². The number of carbonyl (C=O) groups is 5. The third-order valence-electron chi connectivity index (χ3n) is 13.8. The van der Waals surface area contributed by atoms with E-state index in [0.29, 0.717) is 17.9 Å². The van der Waals surface area contributed by atoms with Crippen LogP contribution in [0, 0.1) is 23.7 Å². The normalized spacial score (nSPS) is 37.5. The van der Waals surface area contributed by atoms with Gasteiger partial charge in [-0.25, -0.2) is 19.3 Å². The summed E-state index contributed by atoms with van der Waals surface area (Å²) in [6.07, 6.45) is -7.54. The molecule has 1 aromatic carbocycles. The van der Waals surface area contributed by atoms with Crippen LogP contribution in [0.3, 0.4) is 0 Å². The summed E-state index contributed by atoms with van der Waals surface area (Å²) in [6.45, 7) is 18.1. The van der Waals surface area contributed by atoms with E-state index in [4.69, 9.17) is 44.8 Å². The van der Waals surface area contributed by atoms with Crippen molar-refractivity contribution < 1.29 is 62.2 Å². The first kappa shape index (κ1) is 49.5. The number of likely N-dealkylation sites (N-methyl/N-ethyl adjacent to an activating group) is 1. The standard InChI is InChI=1S/C45H68ClN3O13/c1-13-33-45(10)37(48(43(55)62-45)19-18-30-14-16-31(46)17-15-30)27(6)34(50)25(4)23-44(9,56-12)38(61-40-35(51)32(22-26(5)58-40)47(11)24(2)3)28(7)36(29(8)39(52)59-33)60-42(54)49-20-21-57-41(49)53/h14-17,24-29,32-33,35-38,40,51H,13,18-23H2,1-12H3/t25-,26-,27-,28+,29-,32+,33+,35-,36+,37-,38-,40+,44+,45-/m1/s1. The summed E-state index contributed by atoms with van der Waals surface area (Å²) in [5.41, 5.74) is -1.94. The van der Waals surface area contributed by atoms with E-state index in [1.165, 1.54) is 7.11 Å². The summed E-state index contributed by atoms with van der Waals surface area (Å²) in [5, 5.41) is 12.5. The van der Waals surface area contributed by atoms with Gasteiger partial charge in [0.1, 0.15) is 30.7 Å². The second-order valence-corrected chi connectivity index (χ2v) is 18.8. The SMILES string of the molecule is CC[C@@H]1OC(=O)[C@H](C)[C@@H](OC(=O)N2CCOC2=O)[C@H](C)[C@@H](O[C@@H]2O[C@H](C)C[C@H](N(C)C(C)C)[C@H]2O)[C@@](C)(OC)C[C@@H](C)C(=O)[C@@H](C)[C@H]2N(CCc3ccc(Cl)cc3)C(=O)O[C@]12C. The molecule has 4 fully saturated rings. The average molecular weight is 894 g/mol. The lowest BCUT2D eigenvalue weighted by molar-refractivity contribution is -0.302. The number of ether oxygens (including phenoxy) is 7. The van der Waals surface area contributed by atoms with E-state index in [2.05, 4.69) is 4.90 Å². The highest BCUT2D eigenvalue weighted by atomic mass is 35.5. The molecule has 4 heterocycles. The molecule has 17 heteroatoms. The Morgan fingerprint density at radius 3 is 2.27 bits per heavy atom. The van der Waals surface area contributed by atoms with E-state index in [0.717, 1.165) is 10.5 Å². The van der Waals surface area contributed by atoms with Crippen molar-refractivity contribution in [2.24, 2.45) is 23.7 Å². The Morgan fingerprint density at radius 1 is 1.03 bits per heavy atom. The number of ketones is 1. The smallest absolute Gasteiger partial charge is 0.419 e. The second kappa shape index (κ2) is 20.1. The number of hydrogen-bond acceptors (Lipinski definition) is 14. The van der Waals surface area contributed by atoms with Gasteiger partial charge in [0.05, 0.1) is 36.3 Å². The number of aliphatic hydroxyl groups is 1. The number of Topliss-reactive ketones (excluding diaryl/α,β-unsaturated/α-hetero) is 1. The number of nitrogens with zero attached hydrogens (tertiary/aromatic N) is 3. The molecule has 0 aromatic heterocycles. The number of esters is 1. The second-order valence-electron chi connectivity index (χ2n) is 18.4. The Morgan fingerprint density at radius 2 is 1.69 bits per heavy atom. The molecule has 62 heavy (non-hydrogen) atoms. The van der Waals surface area contributed by atoms with Crippen LogP contribution in [0.2, 0.25) is 5.02 Å². The molecular weight excluding hydrogens is 826 g/mol. The Hall–Kier alpha value is -3.54. The number of methoxy groups -OCH3 is 1. The molecule has 4 aliphatic heterocycles. The van der Waals surface area contributed by atoms with Gasteiger partial charge >= 0.3 is 24.2 Å². The maximum Gasteiger partial charge on any atom is 0.419 e. The van der Waals surface area contributed by atoms with Crippen molar-refractivity contribution in [3.63, 3.8) is 0 Å². The van der Waals surface area contributed by atoms with Gasteiger partial charge in [0, 0.05) is 48.5 Å². The fourth-order valence-electron chi connectivity index (χ4n) is 9.97. The summed E-state index contributed by atoms with van der Waals surface area (Å²) in [5.74, 6) is -4.66. The van der Waals surface area contributed by atoms with E-state index in [1.807, 2.05) is 40.0 Å². The number of cyclic esters (lactones) is 2. The molecule has 3 amide bonds. The molecule has 0 saturated carbocycles. The van der Waals surface area contributed by atoms with Crippen molar-refractivity contribution in [2.75, 3.05) is 33.9 Å². The summed E-state index contributed by atoms with van der Waals surface area (Å²) >= 11 is 6.14. The fourth-order valence-corrected chi connectivity index (χ4v) is 10.1. The lowest BCUT2D eigenvalue weighted by Gasteiger charge is -2.49. The number of aliphatic hydroxyl groups excluding tert-OH is 1. The van der Waals surface area contributed by atoms with E-state index in [-0.39, 0.29) is 56.5 Å². The zero-order valence-corrected chi connectivity index (χ0v) is 39.1. The fraction of sp³-hybridized carbons (Fsp3) is 0.756. The quantitative estimate of drug-likeness (QED) is 0.206. The van der Waals surface area contributed by atoms with Crippen molar-refractivity contribution in [1.29, 1.82) is 0 Å². The average Bonchev–Trinajstić information content (AvgIpc) is 3.78. The first-order valence-electron chi connectivity index (χ1n) is 22.0. The van der Waals surface area contributed by atoms with Gasteiger partial charge in [-0.3, -0.25) is 19.4 Å². The Kier molecular flexibility index (Phi) is 16.0. The highest BCUT2D eigenvalue weighted by Crippen LogP contribution is 2.44. The van der Waals surface area contributed by atoms with E-state index in [9.17, 15) is 29.1 Å². The van der Waals surface area contributed by atoms with Crippen molar-refractivity contribution in [3.8, 4) is 0 Å². The monoisotopic (exact) mass is 893 g/mol. The molecule has 5 rings (SSSR count). The minimum absolute atomic E-state index is 0.0297. The van der Waals surface area contributed by atoms with Crippen LogP contribution in [-0.2, 0) is 49.2 Å². The number of amides is 3. The third kappa shape index (κ3) is 10.2. The predicted octanol–water partition coefficient (Wildman–Crippen LogP) is 6.25. The summed E-state index contributed by atoms with van der Waals surface area (Å²) < 4.78 is 43.2. The van der Waals surface area contributed by atoms with Gasteiger partial charge in [0.15, 0.2) is 11.9 Å². The summed E-state index contributed by atoms with van der Waals surface area (Å²) in [7, 11) is 3.40. The van der Waals surface area contributed by atoms with Crippen molar-refractivity contribution in [3.05, 3.63) is 34.9 Å². The largest absolute Gasteiger partial charge is 0.458 e. The molecular formula is C45H68ClN3O13. The molecule has 348 valence electrons. The number of benzene rings is 1. The highest BCUT2D eigenvalue weighted by Gasteiger charge is 2.60. The maximum atomic E-state index is 14.9. The van der Waals surface area contributed by atoms with Gasteiger partial charge in [0.2, 0.25) is 0 Å². The molecule has 0 radical (unpaired) electrons. The Balaban J connectivity index is 1.61. The van der Waals surface area contributed by atoms with Crippen molar-refractivity contribution >= 4 is 41.6 Å². The molecule has 1 N–H and O–H groups in total. The van der Waals surface area contributed by atoms with Gasteiger partial charge in [0.25, 0.3) is 0 Å². The number of carbonyl (C=O) groups excluding carboxylic acids is 5. The number of hydrogen-bond donors (Lipinski definition) is 1. The topological polar surface area (TPSA) is 180 Å². The van der Waals surface area contributed by atoms with Crippen molar-refractivity contribution in [1.82, 2.24) is 14.7 Å². The molecule has 14 atom stereocenters. The lowest BCUT2D eigenvalue weighted by Crippen LogP contribution is -2.61. The number of fused-ring (bicyclic) bond motifs is 1. The number of halogens is 1. The molecule has 16 nitrogen and oxygen atoms in total. The number of imide groups is 1. The first-order valence-corrected chi connectivity index (χ1v) is 22.3. The molecule has 0 unspecified atom stereocenters. The molecule has 4 aliphatic rings. The van der Waals surface area contributed by atoms with E-state index >= 15 is 0 Å². The molecule has 4 saturated heterocycles. The molecule has 0 bridgehead atoms. The zero-order chi connectivity index (χ0) is 46.0. The minimum Gasteiger partial charge on any atom is -0.458 e.